The fraction of sp³-hybridized carbons (Fsp3) is 0.538. The molecule has 1 aromatic carbocycles. The van der Waals surface area contributed by atoms with E-state index in [0.29, 0.717) is 16.6 Å². The molecule has 0 amide bonds. The van der Waals surface area contributed by atoms with Gasteiger partial charge in [0.25, 0.3) is 5.69 Å². The number of rotatable bonds is 7. The summed E-state index contributed by atoms with van der Waals surface area (Å²) in [6.45, 7) is 4.61. The van der Waals surface area contributed by atoms with Crippen LogP contribution in [0.2, 0.25) is 0 Å². The van der Waals surface area contributed by atoms with Crippen LogP contribution in [0.1, 0.15) is 32.3 Å². The van der Waals surface area contributed by atoms with E-state index in [4.69, 9.17) is 10.5 Å². The van der Waals surface area contributed by atoms with Gasteiger partial charge in [-0.3, -0.25) is 10.1 Å². The van der Waals surface area contributed by atoms with Gasteiger partial charge in [0.15, 0.2) is 0 Å². The van der Waals surface area contributed by atoms with Gasteiger partial charge in [-0.05, 0) is 25.0 Å². The summed E-state index contributed by atoms with van der Waals surface area (Å²) in [5, 5.41) is 11.0. The van der Waals surface area contributed by atoms with Crippen LogP contribution in [0.3, 0.4) is 0 Å². The molecule has 0 fully saturated rings. The number of nitrogens with zero attached hydrogens (tertiary/aromatic N) is 1. The highest BCUT2D eigenvalue weighted by atomic mass is 79.9. The standard InChI is InChI=1S/C13H19BrN2O3/c1-3-13(15,4-2)9-19-8-10-5-6-11(14)7-12(10)16(17)18/h5-7H,3-4,8-9,15H2,1-2H3. The lowest BCUT2D eigenvalue weighted by molar-refractivity contribution is -0.386. The minimum atomic E-state index is -0.404. The second kappa shape index (κ2) is 6.98. The molecule has 0 aliphatic carbocycles. The lowest BCUT2D eigenvalue weighted by Crippen LogP contribution is -2.43. The summed E-state index contributed by atoms with van der Waals surface area (Å²) in [7, 11) is 0. The van der Waals surface area contributed by atoms with Gasteiger partial charge in [-0.2, -0.15) is 0 Å². The summed E-state index contributed by atoms with van der Waals surface area (Å²) >= 11 is 3.22. The van der Waals surface area contributed by atoms with Crippen molar-refractivity contribution in [3.63, 3.8) is 0 Å². The molecule has 0 atom stereocenters. The van der Waals surface area contributed by atoms with Crippen molar-refractivity contribution in [3.05, 3.63) is 38.3 Å². The highest BCUT2D eigenvalue weighted by molar-refractivity contribution is 9.10. The topological polar surface area (TPSA) is 78.4 Å². The molecule has 6 heteroatoms. The lowest BCUT2D eigenvalue weighted by atomic mass is 9.96. The first-order valence-electron chi connectivity index (χ1n) is 6.21. The molecule has 1 rings (SSSR count). The molecule has 1 aromatic rings. The van der Waals surface area contributed by atoms with Crippen LogP contribution in [0.25, 0.3) is 0 Å². The van der Waals surface area contributed by atoms with E-state index in [1.165, 1.54) is 6.07 Å². The van der Waals surface area contributed by atoms with Crippen molar-refractivity contribution in [2.75, 3.05) is 6.61 Å². The van der Waals surface area contributed by atoms with Crippen LogP contribution < -0.4 is 5.73 Å². The van der Waals surface area contributed by atoms with Gasteiger partial charge in [0.1, 0.15) is 0 Å². The first-order chi connectivity index (χ1) is 8.91. The molecule has 0 aliphatic rings. The molecule has 19 heavy (non-hydrogen) atoms. The number of halogens is 1. The molecule has 0 saturated carbocycles. The lowest BCUT2D eigenvalue weighted by Gasteiger charge is -2.26. The summed E-state index contributed by atoms with van der Waals surface area (Å²) in [5.74, 6) is 0. The zero-order valence-electron chi connectivity index (χ0n) is 11.2. The highest BCUT2D eigenvalue weighted by Crippen LogP contribution is 2.24. The number of nitro benzene ring substituents is 1. The summed E-state index contributed by atoms with van der Waals surface area (Å²) in [4.78, 5) is 10.5. The Morgan fingerprint density at radius 1 is 1.42 bits per heavy atom. The van der Waals surface area contributed by atoms with Crippen LogP contribution >= 0.6 is 15.9 Å². The van der Waals surface area contributed by atoms with Crippen molar-refractivity contribution in [1.82, 2.24) is 0 Å². The van der Waals surface area contributed by atoms with Gasteiger partial charge < -0.3 is 10.5 Å². The van der Waals surface area contributed by atoms with Gasteiger partial charge in [0.05, 0.1) is 23.7 Å². The Labute approximate surface area is 121 Å². The van der Waals surface area contributed by atoms with E-state index >= 15 is 0 Å². The van der Waals surface area contributed by atoms with E-state index in [1.807, 2.05) is 13.8 Å². The monoisotopic (exact) mass is 330 g/mol. The second-order valence-corrected chi connectivity index (χ2v) is 5.51. The Morgan fingerprint density at radius 2 is 2.05 bits per heavy atom. The zero-order valence-corrected chi connectivity index (χ0v) is 12.8. The SMILES string of the molecule is CCC(N)(CC)COCc1ccc(Br)cc1[N+](=O)[O-]. The van der Waals surface area contributed by atoms with Crippen LogP contribution in [0.15, 0.2) is 22.7 Å². The number of ether oxygens (including phenoxy) is 1. The minimum absolute atomic E-state index is 0.0602. The molecule has 0 saturated heterocycles. The molecule has 0 unspecified atom stereocenters. The summed E-state index contributed by atoms with van der Waals surface area (Å²) in [6, 6.07) is 4.94. The molecular weight excluding hydrogens is 312 g/mol. The zero-order chi connectivity index (χ0) is 14.5. The fourth-order valence-electron chi connectivity index (χ4n) is 1.65. The van der Waals surface area contributed by atoms with Gasteiger partial charge in [-0.15, -0.1) is 0 Å². The van der Waals surface area contributed by atoms with Crippen LogP contribution in [-0.4, -0.2) is 17.1 Å². The third-order valence-corrected chi connectivity index (χ3v) is 3.79. The average Bonchev–Trinajstić information content (AvgIpc) is 2.40. The van der Waals surface area contributed by atoms with Crippen molar-refractivity contribution in [2.24, 2.45) is 5.73 Å². The normalized spacial score (nSPS) is 11.6. The first kappa shape index (κ1) is 16.1. The first-order valence-corrected chi connectivity index (χ1v) is 7.00. The summed E-state index contributed by atoms with van der Waals surface area (Å²) in [6.07, 6.45) is 1.62. The van der Waals surface area contributed by atoms with Crippen molar-refractivity contribution in [1.29, 1.82) is 0 Å². The predicted molar refractivity (Wildman–Crippen MR) is 78.0 cm³/mol. The van der Waals surface area contributed by atoms with Gasteiger partial charge in [0.2, 0.25) is 0 Å². The van der Waals surface area contributed by atoms with E-state index < -0.39 is 4.92 Å². The van der Waals surface area contributed by atoms with E-state index in [2.05, 4.69) is 15.9 Å². The summed E-state index contributed by atoms with van der Waals surface area (Å²) in [5.41, 5.74) is 6.38. The maximum Gasteiger partial charge on any atom is 0.276 e. The Hall–Kier alpha value is -0.980. The quantitative estimate of drug-likeness (QED) is 0.613. The van der Waals surface area contributed by atoms with Crippen LogP contribution in [-0.2, 0) is 11.3 Å². The van der Waals surface area contributed by atoms with Crippen molar-refractivity contribution < 1.29 is 9.66 Å². The van der Waals surface area contributed by atoms with Crippen LogP contribution in [0.5, 0.6) is 0 Å². The molecule has 0 aliphatic heterocycles. The summed E-state index contributed by atoms with van der Waals surface area (Å²) < 4.78 is 6.23. The van der Waals surface area contributed by atoms with Crippen LogP contribution in [0, 0.1) is 10.1 Å². The van der Waals surface area contributed by atoms with E-state index in [0.717, 1.165) is 12.8 Å². The largest absolute Gasteiger partial charge is 0.375 e. The van der Waals surface area contributed by atoms with Crippen LogP contribution in [0.4, 0.5) is 5.69 Å². The third kappa shape index (κ3) is 4.56. The Bertz CT molecular complexity index is 448. The number of hydrogen-bond donors (Lipinski definition) is 1. The molecule has 0 aromatic heterocycles. The Morgan fingerprint density at radius 3 is 2.58 bits per heavy atom. The second-order valence-electron chi connectivity index (χ2n) is 4.59. The number of benzene rings is 1. The third-order valence-electron chi connectivity index (χ3n) is 3.30. The van der Waals surface area contributed by atoms with E-state index in [1.54, 1.807) is 12.1 Å². The molecule has 106 valence electrons. The molecule has 0 bridgehead atoms. The van der Waals surface area contributed by atoms with Crippen molar-refractivity contribution >= 4 is 21.6 Å². The fourth-order valence-corrected chi connectivity index (χ4v) is 2.00. The van der Waals surface area contributed by atoms with E-state index in [9.17, 15) is 10.1 Å². The Kier molecular flexibility index (Phi) is 5.90. The maximum absolute atomic E-state index is 11.0. The molecule has 2 N–H and O–H groups in total. The molecular formula is C13H19BrN2O3. The predicted octanol–water partition coefficient (Wildman–Crippen LogP) is 3.39. The number of hydrogen-bond acceptors (Lipinski definition) is 4. The smallest absolute Gasteiger partial charge is 0.276 e. The van der Waals surface area contributed by atoms with Gasteiger partial charge >= 0.3 is 0 Å². The van der Waals surface area contributed by atoms with Gasteiger partial charge in [0, 0.05) is 16.1 Å². The number of nitrogens with two attached hydrogens (primary N) is 1. The number of nitro groups is 1. The van der Waals surface area contributed by atoms with Gasteiger partial charge in [-0.1, -0.05) is 29.8 Å². The molecule has 5 nitrogen and oxygen atoms in total. The molecule has 0 heterocycles. The molecule has 0 spiro atoms. The molecule has 0 radical (unpaired) electrons. The van der Waals surface area contributed by atoms with Gasteiger partial charge in [-0.25, -0.2) is 0 Å². The highest BCUT2D eigenvalue weighted by Gasteiger charge is 2.21. The Balaban J connectivity index is 2.71. The van der Waals surface area contributed by atoms with Crippen molar-refractivity contribution in [2.45, 2.75) is 38.8 Å². The average molecular weight is 331 g/mol. The van der Waals surface area contributed by atoms with Crippen molar-refractivity contribution in [3.8, 4) is 0 Å². The minimum Gasteiger partial charge on any atom is -0.375 e. The maximum atomic E-state index is 11.0. The van der Waals surface area contributed by atoms with E-state index in [-0.39, 0.29) is 17.8 Å².